The lowest BCUT2D eigenvalue weighted by Crippen LogP contribution is -2.32. The number of rotatable bonds is 8. The average Bonchev–Trinajstić information content (AvgIpc) is 2.72. The van der Waals surface area contributed by atoms with Crippen molar-refractivity contribution in [1.29, 1.82) is 0 Å². The van der Waals surface area contributed by atoms with Gasteiger partial charge >= 0.3 is 0 Å². The fourth-order valence-corrected chi connectivity index (χ4v) is 3.10. The molecule has 1 amide bonds. The van der Waals surface area contributed by atoms with Crippen molar-refractivity contribution in [3.05, 3.63) is 101 Å². The first-order valence-electron chi connectivity index (χ1n) is 9.43. The summed E-state index contributed by atoms with van der Waals surface area (Å²) in [5.74, 6) is 0.549. The molecule has 0 heterocycles. The van der Waals surface area contributed by atoms with Crippen LogP contribution < -0.4 is 10.1 Å². The summed E-state index contributed by atoms with van der Waals surface area (Å²) in [5, 5.41) is 3.73. The number of ether oxygens (including phenoxy) is 1. The van der Waals surface area contributed by atoms with Crippen LogP contribution >= 0.6 is 11.6 Å². The van der Waals surface area contributed by atoms with Crippen molar-refractivity contribution in [2.24, 2.45) is 0 Å². The Hall–Kier alpha value is -2.78. The molecule has 1 atom stereocenters. The Bertz CT molecular complexity index is 911. The Morgan fingerprint density at radius 2 is 1.75 bits per heavy atom. The predicted octanol–water partition coefficient (Wildman–Crippen LogP) is 5.67. The van der Waals surface area contributed by atoms with Crippen molar-refractivity contribution in [1.82, 2.24) is 5.32 Å². The van der Waals surface area contributed by atoms with E-state index in [-0.39, 0.29) is 11.9 Å². The second-order valence-corrected chi connectivity index (χ2v) is 7.21. The highest BCUT2D eigenvalue weighted by molar-refractivity contribution is 6.31. The van der Waals surface area contributed by atoms with E-state index in [1.807, 2.05) is 61.5 Å². The van der Waals surface area contributed by atoms with Gasteiger partial charge in [-0.2, -0.15) is 0 Å². The van der Waals surface area contributed by atoms with E-state index in [1.165, 1.54) is 5.56 Å². The third-order valence-electron chi connectivity index (χ3n) is 4.53. The standard InChI is InChI=1S/C24H24ClNO2/c1-18(14-15-19-8-3-2-4-9-19)26-24(27)20-11-7-12-22(16-20)28-17-21-10-5-6-13-23(21)25/h2-13,16,18H,14-15,17H2,1H3,(H,26,27)/t18-/m0/s1. The lowest BCUT2D eigenvalue weighted by molar-refractivity contribution is 0.0938. The van der Waals surface area contributed by atoms with Crippen molar-refractivity contribution in [2.75, 3.05) is 0 Å². The minimum absolute atomic E-state index is 0.0837. The smallest absolute Gasteiger partial charge is 0.251 e. The molecule has 0 bridgehead atoms. The minimum atomic E-state index is -0.0937. The van der Waals surface area contributed by atoms with Crippen molar-refractivity contribution < 1.29 is 9.53 Å². The fourth-order valence-electron chi connectivity index (χ4n) is 2.91. The van der Waals surface area contributed by atoms with Crippen LogP contribution in [-0.2, 0) is 13.0 Å². The highest BCUT2D eigenvalue weighted by Crippen LogP contribution is 2.19. The number of hydrogen-bond acceptors (Lipinski definition) is 2. The van der Waals surface area contributed by atoms with Gasteiger partial charge in [-0.15, -0.1) is 0 Å². The minimum Gasteiger partial charge on any atom is -0.489 e. The summed E-state index contributed by atoms with van der Waals surface area (Å²) >= 11 is 6.16. The fraction of sp³-hybridized carbons (Fsp3) is 0.208. The Kier molecular flexibility index (Phi) is 7.10. The van der Waals surface area contributed by atoms with Crippen LogP contribution in [0.25, 0.3) is 0 Å². The van der Waals surface area contributed by atoms with Crippen LogP contribution in [0.2, 0.25) is 5.02 Å². The number of amides is 1. The van der Waals surface area contributed by atoms with Gasteiger partial charge in [-0.05, 0) is 49.6 Å². The largest absolute Gasteiger partial charge is 0.489 e. The summed E-state index contributed by atoms with van der Waals surface area (Å²) < 4.78 is 5.81. The Labute approximate surface area is 171 Å². The van der Waals surface area contributed by atoms with Gasteiger partial charge in [-0.1, -0.05) is 66.2 Å². The zero-order chi connectivity index (χ0) is 19.8. The van der Waals surface area contributed by atoms with Gasteiger partial charge in [0.05, 0.1) is 0 Å². The number of hydrogen-bond donors (Lipinski definition) is 1. The third-order valence-corrected chi connectivity index (χ3v) is 4.90. The summed E-state index contributed by atoms with van der Waals surface area (Å²) in [6.07, 6.45) is 1.82. The molecular formula is C24H24ClNO2. The van der Waals surface area contributed by atoms with Gasteiger partial charge < -0.3 is 10.1 Å². The normalized spacial score (nSPS) is 11.6. The number of carbonyl (C=O) groups excluding carboxylic acids is 1. The van der Waals surface area contributed by atoms with Gasteiger partial charge in [0.1, 0.15) is 12.4 Å². The molecule has 0 aromatic heterocycles. The maximum atomic E-state index is 12.6. The molecule has 0 aliphatic carbocycles. The molecule has 0 aliphatic heterocycles. The molecule has 4 heteroatoms. The second-order valence-electron chi connectivity index (χ2n) is 6.81. The van der Waals surface area contributed by atoms with E-state index in [4.69, 9.17) is 16.3 Å². The first-order valence-corrected chi connectivity index (χ1v) is 9.80. The van der Waals surface area contributed by atoms with Crippen molar-refractivity contribution in [2.45, 2.75) is 32.4 Å². The molecule has 28 heavy (non-hydrogen) atoms. The van der Waals surface area contributed by atoms with E-state index < -0.39 is 0 Å². The van der Waals surface area contributed by atoms with Gasteiger partial charge in [-0.3, -0.25) is 4.79 Å². The number of benzene rings is 3. The molecular weight excluding hydrogens is 370 g/mol. The first-order chi connectivity index (χ1) is 13.6. The van der Waals surface area contributed by atoms with Crippen LogP contribution in [0.3, 0.4) is 0 Å². The van der Waals surface area contributed by atoms with Gasteiger partial charge in [0.15, 0.2) is 0 Å². The Morgan fingerprint density at radius 1 is 1.00 bits per heavy atom. The van der Waals surface area contributed by atoms with Crippen molar-refractivity contribution >= 4 is 17.5 Å². The molecule has 0 radical (unpaired) electrons. The topological polar surface area (TPSA) is 38.3 Å². The average molecular weight is 394 g/mol. The number of carbonyl (C=O) groups is 1. The Balaban J connectivity index is 1.53. The van der Waals surface area contributed by atoms with Crippen LogP contribution in [0.5, 0.6) is 5.75 Å². The molecule has 3 aromatic carbocycles. The number of aryl methyl sites for hydroxylation is 1. The Morgan fingerprint density at radius 3 is 2.54 bits per heavy atom. The quantitative estimate of drug-likeness (QED) is 0.535. The highest BCUT2D eigenvalue weighted by Gasteiger charge is 2.11. The third kappa shape index (κ3) is 5.86. The number of halogens is 1. The molecule has 0 aliphatic rings. The van der Waals surface area contributed by atoms with E-state index in [1.54, 1.807) is 12.1 Å². The molecule has 1 N–H and O–H groups in total. The molecule has 144 valence electrons. The van der Waals surface area contributed by atoms with Gasteiger partial charge in [0.2, 0.25) is 0 Å². The van der Waals surface area contributed by atoms with E-state index in [2.05, 4.69) is 17.4 Å². The van der Waals surface area contributed by atoms with Crippen LogP contribution in [0.4, 0.5) is 0 Å². The summed E-state index contributed by atoms with van der Waals surface area (Å²) in [7, 11) is 0. The predicted molar refractivity (Wildman–Crippen MR) is 114 cm³/mol. The SMILES string of the molecule is C[C@@H](CCc1ccccc1)NC(=O)c1cccc(OCc2ccccc2Cl)c1. The van der Waals surface area contributed by atoms with Gasteiger partial charge in [0.25, 0.3) is 5.91 Å². The lowest BCUT2D eigenvalue weighted by atomic mass is 10.1. The van der Waals surface area contributed by atoms with E-state index in [0.717, 1.165) is 18.4 Å². The monoisotopic (exact) mass is 393 g/mol. The lowest BCUT2D eigenvalue weighted by Gasteiger charge is -2.15. The first kappa shape index (κ1) is 20.0. The maximum absolute atomic E-state index is 12.6. The summed E-state index contributed by atoms with van der Waals surface area (Å²) in [6.45, 7) is 2.39. The van der Waals surface area contributed by atoms with E-state index >= 15 is 0 Å². The molecule has 3 rings (SSSR count). The summed E-state index contributed by atoms with van der Waals surface area (Å²) in [6, 6.07) is 25.2. The highest BCUT2D eigenvalue weighted by atomic mass is 35.5. The molecule has 0 unspecified atom stereocenters. The summed E-state index contributed by atoms with van der Waals surface area (Å²) in [5.41, 5.74) is 2.77. The van der Waals surface area contributed by atoms with Crippen LogP contribution in [0.15, 0.2) is 78.9 Å². The van der Waals surface area contributed by atoms with Crippen LogP contribution in [0.1, 0.15) is 34.8 Å². The van der Waals surface area contributed by atoms with Crippen molar-refractivity contribution in [3.63, 3.8) is 0 Å². The molecule has 0 fully saturated rings. The van der Waals surface area contributed by atoms with Crippen molar-refractivity contribution in [3.8, 4) is 5.75 Å². The van der Waals surface area contributed by atoms with E-state index in [0.29, 0.717) is 22.9 Å². The molecule has 0 saturated carbocycles. The maximum Gasteiger partial charge on any atom is 0.251 e. The van der Waals surface area contributed by atoms with Crippen LogP contribution in [-0.4, -0.2) is 11.9 Å². The molecule has 0 spiro atoms. The van der Waals surface area contributed by atoms with E-state index in [9.17, 15) is 4.79 Å². The van der Waals surface area contributed by atoms with Crippen LogP contribution in [0, 0.1) is 0 Å². The summed E-state index contributed by atoms with van der Waals surface area (Å²) in [4.78, 5) is 12.6. The molecule has 3 nitrogen and oxygen atoms in total. The molecule has 0 saturated heterocycles. The van der Waals surface area contributed by atoms with Gasteiger partial charge in [-0.25, -0.2) is 0 Å². The zero-order valence-corrected chi connectivity index (χ0v) is 16.7. The second kappa shape index (κ2) is 9.95. The van der Waals surface area contributed by atoms with Gasteiger partial charge in [0, 0.05) is 22.2 Å². The molecule has 3 aromatic rings. The number of nitrogens with one attached hydrogen (secondary N) is 1. The zero-order valence-electron chi connectivity index (χ0n) is 15.9.